The van der Waals surface area contributed by atoms with Crippen molar-refractivity contribution < 1.29 is 22.7 Å². The number of amides is 1. The summed E-state index contributed by atoms with van der Waals surface area (Å²) in [5.74, 6) is -0.178. The smallest absolute Gasteiger partial charge is 0.416 e. The van der Waals surface area contributed by atoms with Crippen molar-refractivity contribution in [3.63, 3.8) is 0 Å². The first-order valence-electron chi connectivity index (χ1n) is 8.42. The number of hydrogen-bond acceptors (Lipinski definition) is 6. The van der Waals surface area contributed by atoms with Crippen LogP contribution in [-0.4, -0.2) is 39.0 Å². The van der Waals surface area contributed by atoms with Gasteiger partial charge in [0.25, 0.3) is 0 Å². The maximum atomic E-state index is 12.9. The Hall–Kier alpha value is -2.79. The van der Waals surface area contributed by atoms with Crippen molar-refractivity contribution in [3.05, 3.63) is 52.5 Å². The highest BCUT2D eigenvalue weighted by atomic mass is 35.5. The van der Waals surface area contributed by atoms with Gasteiger partial charge in [0.1, 0.15) is 11.4 Å². The third-order valence-corrected chi connectivity index (χ3v) is 5.15. The van der Waals surface area contributed by atoms with E-state index in [1.165, 1.54) is 11.8 Å². The van der Waals surface area contributed by atoms with E-state index in [9.17, 15) is 18.0 Å². The SMILES string of the molecule is COc1ccc(C)cc1-n1nnnc1SCC(=O)Nc1cc(C(F)(F)F)ccc1Cl. The average molecular weight is 458 g/mol. The van der Waals surface area contributed by atoms with Crippen molar-refractivity contribution in [2.45, 2.75) is 18.3 Å². The molecule has 0 atom stereocenters. The Labute approximate surface area is 178 Å². The second-order valence-electron chi connectivity index (χ2n) is 6.08. The van der Waals surface area contributed by atoms with Crippen LogP contribution in [0.4, 0.5) is 18.9 Å². The van der Waals surface area contributed by atoms with Gasteiger partial charge in [0.05, 0.1) is 29.1 Å². The third-order valence-electron chi connectivity index (χ3n) is 3.90. The summed E-state index contributed by atoms with van der Waals surface area (Å²) in [7, 11) is 1.51. The lowest BCUT2D eigenvalue weighted by Gasteiger charge is -2.12. The van der Waals surface area contributed by atoms with Crippen molar-refractivity contribution in [1.29, 1.82) is 0 Å². The van der Waals surface area contributed by atoms with E-state index in [2.05, 4.69) is 20.8 Å². The predicted octanol–water partition coefficient (Wildman–Crippen LogP) is 4.38. The summed E-state index contributed by atoms with van der Waals surface area (Å²) >= 11 is 6.91. The minimum Gasteiger partial charge on any atom is -0.494 e. The quantitative estimate of drug-likeness (QED) is 0.553. The van der Waals surface area contributed by atoms with Crippen LogP contribution in [0.25, 0.3) is 5.69 Å². The van der Waals surface area contributed by atoms with Crippen LogP contribution in [-0.2, 0) is 11.0 Å². The van der Waals surface area contributed by atoms with Crippen LogP contribution < -0.4 is 10.1 Å². The molecule has 0 spiro atoms. The van der Waals surface area contributed by atoms with E-state index < -0.39 is 17.6 Å². The number of ether oxygens (including phenoxy) is 1. The molecule has 12 heteroatoms. The second kappa shape index (κ2) is 8.92. The zero-order valence-corrected chi connectivity index (χ0v) is 17.3. The van der Waals surface area contributed by atoms with Gasteiger partial charge in [-0.05, 0) is 53.2 Å². The van der Waals surface area contributed by atoms with Crippen molar-refractivity contribution in [2.24, 2.45) is 0 Å². The van der Waals surface area contributed by atoms with Crippen LogP contribution >= 0.6 is 23.4 Å². The Balaban J connectivity index is 1.73. The molecule has 1 heterocycles. The number of hydrogen-bond donors (Lipinski definition) is 1. The fourth-order valence-corrected chi connectivity index (χ4v) is 3.35. The number of carbonyl (C=O) groups excluding carboxylic acids is 1. The lowest BCUT2D eigenvalue weighted by molar-refractivity contribution is -0.137. The zero-order chi connectivity index (χ0) is 21.9. The highest BCUT2D eigenvalue weighted by molar-refractivity contribution is 7.99. The zero-order valence-electron chi connectivity index (χ0n) is 15.7. The van der Waals surface area contributed by atoms with Gasteiger partial charge in [-0.25, -0.2) is 0 Å². The number of alkyl halides is 3. The van der Waals surface area contributed by atoms with E-state index in [1.54, 1.807) is 6.07 Å². The Bertz CT molecular complexity index is 1070. The number of nitrogens with zero attached hydrogens (tertiary/aromatic N) is 4. The number of aromatic nitrogens is 4. The molecule has 0 radical (unpaired) electrons. The highest BCUT2D eigenvalue weighted by Crippen LogP contribution is 2.34. The lowest BCUT2D eigenvalue weighted by Crippen LogP contribution is -2.16. The summed E-state index contributed by atoms with van der Waals surface area (Å²) in [4.78, 5) is 12.3. The van der Waals surface area contributed by atoms with Crippen LogP contribution in [0.15, 0.2) is 41.6 Å². The number of carbonyl (C=O) groups is 1. The van der Waals surface area contributed by atoms with Gasteiger partial charge < -0.3 is 10.1 Å². The molecule has 0 aliphatic rings. The molecule has 0 bridgehead atoms. The van der Waals surface area contributed by atoms with E-state index in [0.29, 0.717) is 16.6 Å². The number of methoxy groups -OCH3 is 1. The standard InChI is InChI=1S/C18H15ClF3N5O2S/c1-10-3-6-15(29-2)14(7-10)27-17(24-25-26-27)30-9-16(28)23-13-8-11(18(20,21)22)4-5-12(13)19/h3-8H,9H2,1-2H3,(H,23,28). The van der Waals surface area contributed by atoms with Crippen LogP contribution in [0.5, 0.6) is 5.75 Å². The van der Waals surface area contributed by atoms with E-state index in [1.807, 2.05) is 19.1 Å². The fourth-order valence-electron chi connectivity index (χ4n) is 2.50. The third kappa shape index (κ3) is 5.03. The van der Waals surface area contributed by atoms with Crippen LogP contribution in [0.3, 0.4) is 0 Å². The maximum Gasteiger partial charge on any atom is 0.416 e. The van der Waals surface area contributed by atoms with Gasteiger partial charge in [0, 0.05) is 0 Å². The minimum atomic E-state index is -4.55. The number of anilines is 1. The number of halogens is 4. The second-order valence-corrected chi connectivity index (χ2v) is 7.43. The molecule has 30 heavy (non-hydrogen) atoms. The van der Waals surface area contributed by atoms with Crippen LogP contribution in [0, 0.1) is 6.92 Å². The molecule has 1 aromatic heterocycles. The van der Waals surface area contributed by atoms with E-state index in [-0.39, 0.29) is 16.5 Å². The molecular weight excluding hydrogens is 443 g/mol. The molecule has 3 rings (SSSR count). The first-order chi connectivity index (χ1) is 14.2. The number of rotatable bonds is 6. The first kappa shape index (κ1) is 21.9. The molecule has 0 unspecified atom stereocenters. The molecule has 0 aliphatic heterocycles. The van der Waals surface area contributed by atoms with Gasteiger partial charge >= 0.3 is 6.18 Å². The molecule has 7 nitrogen and oxygen atoms in total. The van der Waals surface area contributed by atoms with Crippen molar-refractivity contribution in [1.82, 2.24) is 20.2 Å². The molecule has 2 aromatic carbocycles. The van der Waals surface area contributed by atoms with Gasteiger partial charge in [0.2, 0.25) is 11.1 Å². The summed E-state index contributed by atoms with van der Waals surface area (Å²) in [5, 5.41) is 14.1. The Kier molecular flexibility index (Phi) is 6.52. The number of tetrazole rings is 1. The van der Waals surface area contributed by atoms with E-state index in [4.69, 9.17) is 16.3 Å². The minimum absolute atomic E-state index is 0.00400. The first-order valence-corrected chi connectivity index (χ1v) is 9.78. The highest BCUT2D eigenvalue weighted by Gasteiger charge is 2.31. The molecule has 0 saturated heterocycles. The number of aryl methyl sites for hydroxylation is 1. The molecular formula is C18H15ClF3N5O2S. The molecule has 3 aromatic rings. The monoisotopic (exact) mass is 457 g/mol. The van der Waals surface area contributed by atoms with Crippen LogP contribution in [0.1, 0.15) is 11.1 Å². The number of nitrogens with one attached hydrogen (secondary N) is 1. The number of thioether (sulfide) groups is 1. The van der Waals surface area contributed by atoms with Gasteiger partial charge in [-0.2, -0.15) is 17.9 Å². The van der Waals surface area contributed by atoms with Gasteiger partial charge in [-0.1, -0.05) is 29.4 Å². The molecule has 1 N–H and O–H groups in total. The average Bonchev–Trinajstić information content (AvgIpc) is 3.15. The Morgan fingerprint density at radius 2 is 2.03 bits per heavy atom. The fraction of sp³-hybridized carbons (Fsp3) is 0.222. The van der Waals surface area contributed by atoms with Crippen molar-refractivity contribution >= 4 is 35.0 Å². The van der Waals surface area contributed by atoms with Crippen LogP contribution in [0.2, 0.25) is 5.02 Å². The lowest BCUT2D eigenvalue weighted by atomic mass is 10.2. The van der Waals surface area contributed by atoms with E-state index in [0.717, 1.165) is 35.5 Å². The largest absolute Gasteiger partial charge is 0.494 e. The number of benzene rings is 2. The van der Waals surface area contributed by atoms with Gasteiger partial charge in [-0.3, -0.25) is 4.79 Å². The molecule has 0 saturated carbocycles. The Morgan fingerprint density at radius 3 is 2.73 bits per heavy atom. The molecule has 0 fully saturated rings. The summed E-state index contributed by atoms with van der Waals surface area (Å²) in [5.41, 5.74) is 0.503. The van der Waals surface area contributed by atoms with Crippen molar-refractivity contribution in [3.8, 4) is 11.4 Å². The van der Waals surface area contributed by atoms with E-state index >= 15 is 0 Å². The summed E-state index contributed by atoms with van der Waals surface area (Å²) in [6.45, 7) is 1.90. The normalized spacial score (nSPS) is 11.4. The predicted molar refractivity (Wildman–Crippen MR) is 106 cm³/mol. The molecule has 0 aliphatic carbocycles. The van der Waals surface area contributed by atoms with Gasteiger partial charge in [-0.15, -0.1) is 5.10 Å². The molecule has 158 valence electrons. The van der Waals surface area contributed by atoms with Gasteiger partial charge in [0.15, 0.2) is 0 Å². The topological polar surface area (TPSA) is 81.9 Å². The Morgan fingerprint density at radius 1 is 1.27 bits per heavy atom. The summed E-state index contributed by atoms with van der Waals surface area (Å²) < 4.78 is 45.4. The maximum absolute atomic E-state index is 12.9. The summed E-state index contributed by atoms with van der Waals surface area (Å²) in [6.07, 6.45) is -4.55. The summed E-state index contributed by atoms with van der Waals surface area (Å²) in [6, 6.07) is 8.16. The molecule has 1 amide bonds. The van der Waals surface area contributed by atoms with Crippen molar-refractivity contribution in [2.75, 3.05) is 18.2 Å².